The lowest BCUT2D eigenvalue weighted by molar-refractivity contribution is -0.117. The normalized spacial score (nSPS) is 10.8. The molecular weight excluding hydrogens is 308 g/mol. The van der Waals surface area contributed by atoms with Gasteiger partial charge in [-0.2, -0.15) is 0 Å². The molecule has 0 aliphatic heterocycles. The molecule has 0 saturated carbocycles. The Morgan fingerprint density at radius 2 is 1.96 bits per heavy atom. The number of hydrogen-bond acceptors (Lipinski definition) is 2. The smallest absolute Gasteiger partial charge is 0.238 e. The van der Waals surface area contributed by atoms with Gasteiger partial charge in [0.2, 0.25) is 5.91 Å². The van der Waals surface area contributed by atoms with Crippen molar-refractivity contribution in [1.82, 2.24) is 4.90 Å². The Morgan fingerprint density at radius 3 is 2.65 bits per heavy atom. The van der Waals surface area contributed by atoms with Gasteiger partial charge in [0.25, 0.3) is 0 Å². The fraction of sp³-hybridized carbons (Fsp3) is 0.316. The molecule has 0 atom stereocenters. The second-order valence-corrected chi connectivity index (χ2v) is 6.14. The molecule has 4 heteroatoms. The van der Waals surface area contributed by atoms with Crippen LogP contribution in [0.4, 0.5) is 5.69 Å². The molecule has 0 saturated heterocycles. The van der Waals surface area contributed by atoms with E-state index in [4.69, 9.17) is 11.6 Å². The van der Waals surface area contributed by atoms with Crippen LogP contribution in [0.15, 0.2) is 48.5 Å². The lowest BCUT2D eigenvalue weighted by Crippen LogP contribution is -2.33. The third kappa shape index (κ3) is 5.70. The van der Waals surface area contributed by atoms with Crippen LogP contribution in [0, 0.1) is 6.92 Å². The van der Waals surface area contributed by atoms with Gasteiger partial charge in [0.15, 0.2) is 0 Å². The number of anilines is 1. The van der Waals surface area contributed by atoms with E-state index in [0.717, 1.165) is 41.3 Å². The number of amides is 1. The van der Waals surface area contributed by atoms with E-state index in [1.54, 1.807) is 0 Å². The first-order valence-corrected chi connectivity index (χ1v) is 8.28. The number of aryl methyl sites for hydroxylation is 1. The Hall–Kier alpha value is -1.84. The van der Waals surface area contributed by atoms with E-state index in [0.29, 0.717) is 6.54 Å². The fourth-order valence-electron chi connectivity index (χ4n) is 2.53. The van der Waals surface area contributed by atoms with Crippen LogP contribution in [-0.2, 0) is 11.3 Å². The Bertz CT molecular complexity index is 657. The van der Waals surface area contributed by atoms with Crippen LogP contribution in [-0.4, -0.2) is 23.9 Å². The van der Waals surface area contributed by atoms with Crippen molar-refractivity contribution in [3.05, 3.63) is 64.7 Å². The summed E-state index contributed by atoms with van der Waals surface area (Å²) in [5.74, 6) is 0.00905. The Morgan fingerprint density at radius 1 is 1.17 bits per heavy atom. The molecule has 0 aliphatic rings. The maximum Gasteiger partial charge on any atom is 0.238 e. The van der Waals surface area contributed by atoms with Crippen LogP contribution in [0.3, 0.4) is 0 Å². The summed E-state index contributed by atoms with van der Waals surface area (Å²) < 4.78 is 0. The van der Waals surface area contributed by atoms with Crippen molar-refractivity contribution in [3.8, 4) is 0 Å². The number of para-hydroxylation sites is 1. The highest BCUT2D eigenvalue weighted by Crippen LogP contribution is 2.15. The molecule has 0 radical (unpaired) electrons. The van der Waals surface area contributed by atoms with Crippen LogP contribution in [0.5, 0.6) is 0 Å². The maximum atomic E-state index is 12.3. The average molecular weight is 331 g/mol. The third-order valence-corrected chi connectivity index (χ3v) is 3.86. The zero-order valence-corrected chi connectivity index (χ0v) is 14.4. The summed E-state index contributed by atoms with van der Waals surface area (Å²) in [7, 11) is 0. The van der Waals surface area contributed by atoms with Crippen LogP contribution in [0.25, 0.3) is 0 Å². The highest BCUT2D eigenvalue weighted by atomic mass is 35.5. The van der Waals surface area contributed by atoms with Gasteiger partial charge in [0.1, 0.15) is 0 Å². The molecule has 1 amide bonds. The van der Waals surface area contributed by atoms with E-state index in [9.17, 15) is 4.79 Å². The summed E-state index contributed by atoms with van der Waals surface area (Å²) in [6.45, 7) is 6.06. The predicted molar refractivity (Wildman–Crippen MR) is 96.8 cm³/mol. The molecule has 0 aromatic heterocycles. The molecule has 122 valence electrons. The highest BCUT2D eigenvalue weighted by molar-refractivity contribution is 6.30. The van der Waals surface area contributed by atoms with Crippen molar-refractivity contribution < 1.29 is 4.79 Å². The standard InChI is InChI=1S/C19H23ClN2O/c1-3-11-22(13-16-8-6-9-17(20)12-16)14-19(23)21-18-10-5-4-7-15(18)2/h4-10,12H,3,11,13-14H2,1-2H3,(H,21,23). The number of nitrogens with zero attached hydrogens (tertiary/aromatic N) is 1. The van der Waals surface area contributed by atoms with Crippen LogP contribution < -0.4 is 5.32 Å². The lowest BCUT2D eigenvalue weighted by Gasteiger charge is -2.21. The van der Waals surface area contributed by atoms with Gasteiger partial charge in [-0.3, -0.25) is 9.69 Å². The molecule has 0 aliphatic carbocycles. The quantitative estimate of drug-likeness (QED) is 0.810. The van der Waals surface area contributed by atoms with E-state index in [1.165, 1.54) is 0 Å². The molecule has 0 heterocycles. The summed E-state index contributed by atoms with van der Waals surface area (Å²) >= 11 is 6.04. The SMILES string of the molecule is CCCN(CC(=O)Nc1ccccc1C)Cc1cccc(Cl)c1. The second-order valence-electron chi connectivity index (χ2n) is 5.70. The minimum atomic E-state index is 0.00905. The molecule has 0 bridgehead atoms. The topological polar surface area (TPSA) is 32.3 Å². The number of rotatable bonds is 7. The first-order valence-electron chi connectivity index (χ1n) is 7.90. The number of benzene rings is 2. The number of carbonyl (C=O) groups excluding carboxylic acids is 1. The van der Waals surface area contributed by atoms with Gasteiger partial charge in [0.05, 0.1) is 6.54 Å². The van der Waals surface area contributed by atoms with Gasteiger partial charge in [-0.1, -0.05) is 48.9 Å². The fourth-order valence-corrected chi connectivity index (χ4v) is 2.74. The van der Waals surface area contributed by atoms with E-state index in [2.05, 4.69) is 17.1 Å². The molecule has 0 unspecified atom stereocenters. The molecule has 0 fully saturated rings. The van der Waals surface area contributed by atoms with Gasteiger partial charge in [-0.15, -0.1) is 0 Å². The van der Waals surface area contributed by atoms with Gasteiger partial charge in [0, 0.05) is 17.3 Å². The molecule has 0 spiro atoms. The number of nitrogens with one attached hydrogen (secondary N) is 1. The Kier molecular flexibility index (Phi) is 6.63. The summed E-state index contributed by atoms with van der Waals surface area (Å²) in [6.07, 6.45) is 0.998. The van der Waals surface area contributed by atoms with Gasteiger partial charge < -0.3 is 5.32 Å². The van der Waals surface area contributed by atoms with Crippen molar-refractivity contribution in [2.75, 3.05) is 18.4 Å². The molecule has 23 heavy (non-hydrogen) atoms. The van der Waals surface area contributed by atoms with Crippen molar-refractivity contribution in [3.63, 3.8) is 0 Å². The van der Waals surface area contributed by atoms with Crippen LogP contribution in [0.2, 0.25) is 5.02 Å². The van der Waals surface area contributed by atoms with Crippen molar-refractivity contribution in [2.45, 2.75) is 26.8 Å². The summed E-state index contributed by atoms with van der Waals surface area (Å²) in [4.78, 5) is 14.5. The molecule has 2 rings (SSSR count). The predicted octanol–water partition coefficient (Wildman–Crippen LogP) is 4.50. The molecular formula is C19H23ClN2O. The Labute approximate surface area is 143 Å². The highest BCUT2D eigenvalue weighted by Gasteiger charge is 2.12. The zero-order chi connectivity index (χ0) is 16.7. The number of carbonyl (C=O) groups is 1. The zero-order valence-electron chi connectivity index (χ0n) is 13.7. The van der Waals surface area contributed by atoms with Gasteiger partial charge in [-0.05, 0) is 49.2 Å². The molecule has 3 nitrogen and oxygen atoms in total. The monoisotopic (exact) mass is 330 g/mol. The maximum absolute atomic E-state index is 12.3. The number of halogens is 1. The van der Waals surface area contributed by atoms with Gasteiger partial charge >= 0.3 is 0 Å². The van der Waals surface area contributed by atoms with Crippen LogP contribution in [0.1, 0.15) is 24.5 Å². The Balaban J connectivity index is 1.98. The lowest BCUT2D eigenvalue weighted by atomic mass is 10.2. The first-order chi connectivity index (χ1) is 11.1. The van der Waals surface area contributed by atoms with E-state index in [-0.39, 0.29) is 5.91 Å². The summed E-state index contributed by atoms with van der Waals surface area (Å²) in [5, 5.41) is 3.71. The van der Waals surface area contributed by atoms with E-state index >= 15 is 0 Å². The van der Waals surface area contributed by atoms with Crippen molar-refractivity contribution in [1.29, 1.82) is 0 Å². The largest absolute Gasteiger partial charge is 0.325 e. The minimum absolute atomic E-state index is 0.00905. The first kappa shape index (κ1) is 17.5. The van der Waals surface area contributed by atoms with Crippen LogP contribution >= 0.6 is 11.6 Å². The number of hydrogen-bond donors (Lipinski definition) is 1. The van der Waals surface area contributed by atoms with Crippen molar-refractivity contribution in [2.24, 2.45) is 0 Å². The summed E-state index contributed by atoms with van der Waals surface area (Å²) in [6, 6.07) is 15.6. The third-order valence-electron chi connectivity index (χ3n) is 3.62. The summed E-state index contributed by atoms with van der Waals surface area (Å²) in [5.41, 5.74) is 3.06. The molecule has 2 aromatic rings. The second kappa shape index (κ2) is 8.70. The molecule has 2 aromatic carbocycles. The minimum Gasteiger partial charge on any atom is -0.325 e. The van der Waals surface area contributed by atoms with Gasteiger partial charge in [-0.25, -0.2) is 0 Å². The molecule has 1 N–H and O–H groups in total. The van der Waals surface area contributed by atoms with E-state index in [1.807, 2.05) is 55.5 Å². The van der Waals surface area contributed by atoms with Crippen molar-refractivity contribution >= 4 is 23.2 Å². The van der Waals surface area contributed by atoms with E-state index < -0.39 is 0 Å². The average Bonchev–Trinajstić information content (AvgIpc) is 2.50.